The van der Waals surface area contributed by atoms with E-state index >= 15 is 0 Å². The first-order chi connectivity index (χ1) is 11.9. The van der Waals surface area contributed by atoms with E-state index in [1.54, 1.807) is 42.5 Å². The van der Waals surface area contributed by atoms with E-state index in [0.717, 1.165) is 0 Å². The van der Waals surface area contributed by atoms with Gasteiger partial charge in [0.05, 0.1) is 17.7 Å². The minimum Gasteiger partial charge on any atom is -0.352 e. The molecule has 0 saturated carbocycles. The highest BCUT2D eigenvalue weighted by molar-refractivity contribution is 6.36. The lowest BCUT2D eigenvalue weighted by Crippen LogP contribution is -2.28. The van der Waals surface area contributed by atoms with Crippen molar-refractivity contribution < 1.29 is 9.59 Å². The fraction of sp³-hybridized carbons (Fsp3) is 0.263. The predicted molar refractivity (Wildman–Crippen MR) is 102 cm³/mol. The largest absolute Gasteiger partial charge is 0.352 e. The first kappa shape index (κ1) is 19.3. The van der Waals surface area contributed by atoms with E-state index in [-0.39, 0.29) is 18.2 Å². The van der Waals surface area contributed by atoms with E-state index in [4.69, 9.17) is 23.2 Å². The molecule has 0 fully saturated rings. The molecule has 25 heavy (non-hydrogen) atoms. The summed E-state index contributed by atoms with van der Waals surface area (Å²) in [6.45, 7) is 4.60. The lowest BCUT2D eigenvalue weighted by Gasteiger charge is -2.13. The molecule has 0 saturated heterocycles. The Bertz CT molecular complexity index is 756. The van der Waals surface area contributed by atoms with Crippen LogP contribution < -0.4 is 10.6 Å². The van der Waals surface area contributed by atoms with Crippen LogP contribution in [0.25, 0.3) is 0 Å². The molecule has 0 heterocycles. The van der Waals surface area contributed by atoms with Crippen molar-refractivity contribution in [2.24, 2.45) is 5.92 Å². The molecule has 0 spiro atoms. The molecule has 0 aromatic heterocycles. The van der Waals surface area contributed by atoms with Gasteiger partial charge in [-0.25, -0.2) is 0 Å². The van der Waals surface area contributed by atoms with Crippen molar-refractivity contribution in [2.75, 3.05) is 11.9 Å². The summed E-state index contributed by atoms with van der Waals surface area (Å²) >= 11 is 12.2. The predicted octanol–water partition coefficient (Wildman–Crippen LogP) is 4.56. The monoisotopic (exact) mass is 378 g/mol. The van der Waals surface area contributed by atoms with Crippen molar-refractivity contribution in [3.8, 4) is 0 Å². The topological polar surface area (TPSA) is 58.2 Å². The van der Waals surface area contributed by atoms with Crippen molar-refractivity contribution in [2.45, 2.75) is 20.3 Å². The molecule has 0 aliphatic rings. The summed E-state index contributed by atoms with van der Waals surface area (Å²) in [5.74, 6) is -0.174. The summed E-state index contributed by atoms with van der Waals surface area (Å²) in [5, 5.41) is 6.48. The van der Waals surface area contributed by atoms with E-state index in [2.05, 4.69) is 10.6 Å². The number of carbonyl (C=O) groups is 2. The second-order valence-electron chi connectivity index (χ2n) is 6.07. The van der Waals surface area contributed by atoms with E-state index in [1.165, 1.54) is 0 Å². The zero-order valence-corrected chi connectivity index (χ0v) is 15.6. The highest BCUT2D eigenvalue weighted by Gasteiger charge is 2.15. The van der Waals surface area contributed by atoms with Gasteiger partial charge in [0.2, 0.25) is 5.91 Å². The average Bonchev–Trinajstić information content (AvgIpc) is 2.56. The van der Waals surface area contributed by atoms with E-state index < -0.39 is 0 Å². The second kappa shape index (κ2) is 8.88. The van der Waals surface area contributed by atoms with Gasteiger partial charge in [0, 0.05) is 16.6 Å². The van der Waals surface area contributed by atoms with Gasteiger partial charge in [0.25, 0.3) is 5.91 Å². The number of nitrogens with one attached hydrogen (secondary N) is 2. The second-order valence-corrected chi connectivity index (χ2v) is 6.89. The number of hydrogen-bond acceptors (Lipinski definition) is 2. The number of halogens is 2. The van der Waals surface area contributed by atoms with Gasteiger partial charge in [-0.1, -0.05) is 55.2 Å². The first-order valence-corrected chi connectivity index (χ1v) is 8.74. The fourth-order valence-electron chi connectivity index (χ4n) is 2.24. The Labute approximate surface area is 157 Å². The number of amides is 2. The highest BCUT2D eigenvalue weighted by Crippen LogP contribution is 2.25. The van der Waals surface area contributed by atoms with Crippen LogP contribution >= 0.6 is 23.2 Å². The zero-order chi connectivity index (χ0) is 18.4. The molecule has 0 unspecified atom stereocenters. The van der Waals surface area contributed by atoms with Crippen LogP contribution in [0.1, 0.15) is 29.8 Å². The number of para-hydroxylation sites is 1. The van der Waals surface area contributed by atoms with Gasteiger partial charge in [-0.15, -0.1) is 0 Å². The molecule has 2 N–H and O–H groups in total. The molecular formula is C19H20Cl2N2O2. The molecule has 0 bridgehead atoms. The number of hydrogen-bond donors (Lipinski definition) is 2. The summed E-state index contributed by atoms with van der Waals surface area (Å²) in [7, 11) is 0. The Kier molecular flexibility index (Phi) is 6.85. The fourth-order valence-corrected chi connectivity index (χ4v) is 2.77. The maximum absolute atomic E-state index is 12.4. The van der Waals surface area contributed by atoms with E-state index in [0.29, 0.717) is 39.3 Å². The molecule has 0 aliphatic carbocycles. The third kappa shape index (κ3) is 5.48. The lowest BCUT2D eigenvalue weighted by molar-refractivity contribution is -0.115. The van der Waals surface area contributed by atoms with Crippen molar-refractivity contribution >= 4 is 40.7 Å². The number of benzene rings is 2. The van der Waals surface area contributed by atoms with Crippen molar-refractivity contribution in [3.63, 3.8) is 0 Å². The lowest BCUT2D eigenvalue weighted by atomic mass is 10.1. The molecule has 132 valence electrons. The minimum atomic E-state index is -0.292. The summed E-state index contributed by atoms with van der Waals surface area (Å²) in [6, 6.07) is 12.0. The van der Waals surface area contributed by atoms with Crippen molar-refractivity contribution in [1.29, 1.82) is 0 Å². The van der Waals surface area contributed by atoms with Crippen LogP contribution in [0.5, 0.6) is 0 Å². The Morgan fingerprint density at radius 2 is 1.64 bits per heavy atom. The third-order valence-corrected chi connectivity index (χ3v) is 4.22. The van der Waals surface area contributed by atoms with Crippen LogP contribution in [0.15, 0.2) is 42.5 Å². The smallest absolute Gasteiger partial charge is 0.253 e. The molecule has 0 aliphatic heterocycles. The van der Waals surface area contributed by atoms with Gasteiger partial charge in [0.15, 0.2) is 0 Å². The molecule has 2 amide bonds. The maximum atomic E-state index is 12.4. The van der Waals surface area contributed by atoms with Gasteiger partial charge in [-0.05, 0) is 35.7 Å². The number of rotatable bonds is 6. The minimum absolute atomic E-state index is 0.0282. The standard InChI is InChI=1S/C19H20Cl2N2O2/c1-12(2)11-22-19(25)13-6-3-4-9-17(13)23-18(24)10-14-15(20)7-5-8-16(14)21/h3-9,12H,10-11H2,1-2H3,(H,22,25)(H,23,24). The molecular weight excluding hydrogens is 359 g/mol. The molecule has 0 radical (unpaired) electrons. The van der Waals surface area contributed by atoms with Crippen molar-refractivity contribution in [1.82, 2.24) is 5.32 Å². The van der Waals surface area contributed by atoms with Gasteiger partial charge in [0.1, 0.15) is 0 Å². The molecule has 2 aromatic carbocycles. The van der Waals surface area contributed by atoms with Crippen LogP contribution in [-0.2, 0) is 11.2 Å². The normalized spacial score (nSPS) is 10.6. The van der Waals surface area contributed by atoms with Crippen LogP contribution in [0.2, 0.25) is 10.0 Å². The van der Waals surface area contributed by atoms with Gasteiger partial charge >= 0.3 is 0 Å². The maximum Gasteiger partial charge on any atom is 0.253 e. The SMILES string of the molecule is CC(C)CNC(=O)c1ccccc1NC(=O)Cc1c(Cl)cccc1Cl. The Balaban J connectivity index is 2.12. The van der Waals surface area contributed by atoms with Crippen LogP contribution in [0, 0.1) is 5.92 Å². The third-order valence-electron chi connectivity index (χ3n) is 3.52. The first-order valence-electron chi connectivity index (χ1n) is 7.98. The Hall–Kier alpha value is -2.04. The molecule has 6 heteroatoms. The average molecular weight is 379 g/mol. The molecule has 2 aromatic rings. The summed E-state index contributed by atoms with van der Waals surface area (Å²) in [6.07, 6.45) is 0.0282. The van der Waals surface area contributed by atoms with E-state index in [1.807, 2.05) is 13.8 Å². The highest BCUT2D eigenvalue weighted by atomic mass is 35.5. The summed E-state index contributed by atoms with van der Waals surface area (Å²) in [5.41, 5.74) is 1.43. The van der Waals surface area contributed by atoms with Crippen LogP contribution in [-0.4, -0.2) is 18.4 Å². The Morgan fingerprint density at radius 3 is 2.28 bits per heavy atom. The number of anilines is 1. The van der Waals surface area contributed by atoms with E-state index in [9.17, 15) is 9.59 Å². The number of carbonyl (C=O) groups excluding carboxylic acids is 2. The van der Waals surface area contributed by atoms with Crippen LogP contribution in [0.3, 0.4) is 0 Å². The molecule has 4 nitrogen and oxygen atoms in total. The van der Waals surface area contributed by atoms with Crippen molar-refractivity contribution in [3.05, 3.63) is 63.6 Å². The molecule has 2 rings (SSSR count). The zero-order valence-electron chi connectivity index (χ0n) is 14.1. The van der Waals surface area contributed by atoms with Gasteiger partial charge in [-0.2, -0.15) is 0 Å². The van der Waals surface area contributed by atoms with Gasteiger partial charge < -0.3 is 10.6 Å². The molecule has 0 atom stereocenters. The van der Waals surface area contributed by atoms with Gasteiger partial charge in [-0.3, -0.25) is 9.59 Å². The quantitative estimate of drug-likeness (QED) is 0.773. The summed E-state index contributed by atoms with van der Waals surface area (Å²) in [4.78, 5) is 24.7. The van der Waals surface area contributed by atoms with Crippen LogP contribution in [0.4, 0.5) is 5.69 Å². The summed E-state index contributed by atoms with van der Waals surface area (Å²) < 4.78 is 0. The Morgan fingerprint density at radius 1 is 1.00 bits per heavy atom.